The van der Waals surface area contributed by atoms with Crippen LogP contribution in [0.4, 0.5) is 0 Å². The van der Waals surface area contributed by atoms with Crippen LogP contribution in [-0.4, -0.2) is 29.1 Å². The zero-order valence-corrected chi connectivity index (χ0v) is 11.9. The van der Waals surface area contributed by atoms with Gasteiger partial charge in [0.2, 0.25) is 5.91 Å². The predicted molar refractivity (Wildman–Crippen MR) is 74.5 cm³/mol. The maximum absolute atomic E-state index is 12.6. The van der Waals surface area contributed by atoms with E-state index < -0.39 is 0 Å². The van der Waals surface area contributed by atoms with Gasteiger partial charge in [0.05, 0.1) is 11.7 Å². The molecule has 0 bridgehead atoms. The van der Waals surface area contributed by atoms with Crippen LogP contribution < -0.4 is 5.32 Å². The third-order valence-electron chi connectivity index (χ3n) is 5.73. The molecule has 3 aliphatic carbocycles. The fourth-order valence-electron chi connectivity index (χ4n) is 4.15. The van der Waals surface area contributed by atoms with Gasteiger partial charge >= 0.3 is 0 Å². The molecule has 1 aliphatic heterocycles. The van der Waals surface area contributed by atoms with Gasteiger partial charge in [-0.25, -0.2) is 0 Å². The Morgan fingerprint density at radius 2 is 1.89 bits per heavy atom. The van der Waals surface area contributed by atoms with Crippen molar-refractivity contribution >= 4 is 5.91 Å². The second-order valence-electron chi connectivity index (χ2n) is 7.30. The van der Waals surface area contributed by atoms with Crippen molar-refractivity contribution in [2.75, 3.05) is 6.54 Å². The largest absolute Gasteiger partial charge is 0.325 e. The number of rotatable bonds is 5. The maximum Gasteiger partial charge on any atom is 0.244 e. The second kappa shape index (κ2) is 4.47. The zero-order valence-electron chi connectivity index (χ0n) is 11.9. The third kappa shape index (κ3) is 2.20. The Hall–Kier alpha value is -0.570. The van der Waals surface area contributed by atoms with E-state index in [-0.39, 0.29) is 5.54 Å². The average Bonchev–Trinajstić information content (AvgIpc) is 3.30. The smallest absolute Gasteiger partial charge is 0.244 e. The number of amides is 1. The van der Waals surface area contributed by atoms with Gasteiger partial charge in [-0.15, -0.1) is 0 Å². The van der Waals surface area contributed by atoms with Gasteiger partial charge in [0, 0.05) is 6.54 Å². The first-order chi connectivity index (χ1) is 9.28. The first-order valence-electron chi connectivity index (χ1n) is 8.37. The van der Waals surface area contributed by atoms with Crippen LogP contribution in [0.15, 0.2) is 0 Å². The number of carbonyl (C=O) groups excluding carboxylic acids is 1. The van der Waals surface area contributed by atoms with Crippen LogP contribution >= 0.6 is 0 Å². The number of hydrogen-bond donors (Lipinski definition) is 1. The molecule has 0 radical (unpaired) electrons. The molecule has 0 aromatic carbocycles. The van der Waals surface area contributed by atoms with E-state index in [1.54, 1.807) is 0 Å². The fourth-order valence-corrected chi connectivity index (χ4v) is 4.15. The molecule has 3 nitrogen and oxygen atoms in total. The van der Waals surface area contributed by atoms with E-state index in [4.69, 9.17) is 0 Å². The third-order valence-corrected chi connectivity index (χ3v) is 5.73. The number of hydrogen-bond acceptors (Lipinski definition) is 2. The molecule has 4 rings (SSSR count). The Balaban J connectivity index is 1.42. The molecule has 106 valence electrons. The highest BCUT2D eigenvalue weighted by molar-refractivity contribution is 5.91. The summed E-state index contributed by atoms with van der Waals surface area (Å²) < 4.78 is 0. The summed E-state index contributed by atoms with van der Waals surface area (Å²) in [4.78, 5) is 14.8. The lowest BCUT2D eigenvalue weighted by Gasteiger charge is -2.29. The van der Waals surface area contributed by atoms with Gasteiger partial charge in [-0.1, -0.05) is 25.7 Å². The molecule has 19 heavy (non-hydrogen) atoms. The van der Waals surface area contributed by atoms with E-state index in [0.29, 0.717) is 12.1 Å². The Morgan fingerprint density at radius 1 is 1.16 bits per heavy atom. The molecule has 4 fully saturated rings. The molecular formula is C16H26N2O. The quantitative estimate of drug-likeness (QED) is 0.826. The molecule has 1 saturated heterocycles. The van der Waals surface area contributed by atoms with E-state index in [9.17, 15) is 4.79 Å². The van der Waals surface area contributed by atoms with Crippen molar-refractivity contribution < 1.29 is 4.79 Å². The predicted octanol–water partition coefficient (Wildman–Crippen LogP) is 2.66. The van der Waals surface area contributed by atoms with Gasteiger partial charge in [-0.05, 0) is 50.4 Å². The summed E-state index contributed by atoms with van der Waals surface area (Å²) in [5.74, 6) is 2.15. The molecule has 1 N–H and O–H groups in total. The molecule has 3 heteroatoms. The van der Waals surface area contributed by atoms with E-state index >= 15 is 0 Å². The molecule has 1 spiro atoms. The van der Waals surface area contributed by atoms with E-state index in [2.05, 4.69) is 10.2 Å². The number of nitrogens with one attached hydrogen (secondary N) is 1. The standard InChI is InChI=1S/C16H26N2O/c19-15-16(9-10-16)17-14(13-5-1-2-6-13)18(15)11-3-4-12-7-8-12/h12-14,17H,1-11H2. The minimum atomic E-state index is -0.104. The molecule has 0 aromatic rings. The van der Waals surface area contributed by atoms with Crippen molar-refractivity contribution in [1.82, 2.24) is 10.2 Å². The second-order valence-corrected chi connectivity index (χ2v) is 7.30. The van der Waals surface area contributed by atoms with Gasteiger partial charge in [0.1, 0.15) is 0 Å². The van der Waals surface area contributed by atoms with Crippen molar-refractivity contribution in [3.8, 4) is 0 Å². The minimum absolute atomic E-state index is 0.104. The van der Waals surface area contributed by atoms with Gasteiger partial charge in [0.15, 0.2) is 0 Å². The molecule has 0 aromatic heterocycles. The first kappa shape index (κ1) is 12.2. The minimum Gasteiger partial charge on any atom is -0.325 e. The summed E-state index contributed by atoms with van der Waals surface area (Å²) in [5.41, 5.74) is -0.104. The Bertz CT molecular complexity index is 367. The van der Waals surface area contributed by atoms with Crippen molar-refractivity contribution in [1.29, 1.82) is 0 Å². The number of carbonyl (C=O) groups is 1. The maximum atomic E-state index is 12.6. The SMILES string of the molecule is O=C1N(CCCC2CC2)C(C2CCCC2)NC12CC2. The van der Waals surface area contributed by atoms with Crippen LogP contribution in [0, 0.1) is 11.8 Å². The fraction of sp³-hybridized carbons (Fsp3) is 0.938. The summed E-state index contributed by atoms with van der Waals surface area (Å²) in [7, 11) is 0. The molecule has 1 unspecified atom stereocenters. The van der Waals surface area contributed by atoms with Crippen LogP contribution in [0.1, 0.15) is 64.2 Å². The Kier molecular flexibility index (Phi) is 2.87. The van der Waals surface area contributed by atoms with Crippen molar-refractivity contribution in [3.63, 3.8) is 0 Å². The van der Waals surface area contributed by atoms with Crippen LogP contribution in [0.2, 0.25) is 0 Å². The highest BCUT2D eigenvalue weighted by atomic mass is 16.2. The average molecular weight is 262 g/mol. The van der Waals surface area contributed by atoms with Gasteiger partial charge in [-0.3, -0.25) is 10.1 Å². The molecule has 1 amide bonds. The molecule has 4 aliphatic rings. The summed E-state index contributed by atoms with van der Waals surface area (Å²) in [5, 5.41) is 3.71. The van der Waals surface area contributed by atoms with Crippen LogP contribution in [0.3, 0.4) is 0 Å². The molecule has 1 heterocycles. The first-order valence-corrected chi connectivity index (χ1v) is 8.37. The lowest BCUT2D eigenvalue weighted by Crippen LogP contribution is -2.43. The van der Waals surface area contributed by atoms with E-state index in [1.807, 2.05) is 0 Å². The Morgan fingerprint density at radius 3 is 2.53 bits per heavy atom. The van der Waals surface area contributed by atoms with Crippen molar-refractivity contribution in [2.45, 2.75) is 75.9 Å². The summed E-state index contributed by atoms with van der Waals surface area (Å²) >= 11 is 0. The van der Waals surface area contributed by atoms with Crippen molar-refractivity contribution in [3.05, 3.63) is 0 Å². The highest BCUT2D eigenvalue weighted by Gasteiger charge is 2.60. The van der Waals surface area contributed by atoms with E-state index in [1.165, 1.54) is 51.4 Å². The molecular weight excluding hydrogens is 236 g/mol. The summed E-state index contributed by atoms with van der Waals surface area (Å²) in [6, 6.07) is 0. The zero-order chi connectivity index (χ0) is 12.9. The summed E-state index contributed by atoms with van der Waals surface area (Å²) in [6.45, 7) is 1.01. The van der Waals surface area contributed by atoms with Gasteiger partial charge < -0.3 is 4.90 Å². The monoisotopic (exact) mass is 262 g/mol. The van der Waals surface area contributed by atoms with E-state index in [0.717, 1.165) is 31.2 Å². The normalized spacial score (nSPS) is 33.6. The van der Waals surface area contributed by atoms with Crippen molar-refractivity contribution in [2.24, 2.45) is 11.8 Å². The van der Waals surface area contributed by atoms with Crippen LogP contribution in [0.5, 0.6) is 0 Å². The number of nitrogens with zero attached hydrogens (tertiary/aromatic N) is 1. The van der Waals surface area contributed by atoms with Gasteiger partial charge in [-0.2, -0.15) is 0 Å². The highest BCUT2D eigenvalue weighted by Crippen LogP contribution is 2.45. The lowest BCUT2D eigenvalue weighted by molar-refractivity contribution is -0.131. The van der Waals surface area contributed by atoms with Crippen LogP contribution in [-0.2, 0) is 4.79 Å². The van der Waals surface area contributed by atoms with Crippen LogP contribution in [0.25, 0.3) is 0 Å². The molecule has 1 atom stereocenters. The summed E-state index contributed by atoms with van der Waals surface area (Å²) in [6.07, 6.45) is 13.3. The lowest BCUT2D eigenvalue weighted by atomic mass is 10.0. The van der Waals surface area contributed by atoms with Gasteiger partial charge in [0.25, 0.3) is 0 Å². The molecule has 3 saturated carbocycles. The topological polar surface area (TPSA) is 32.3 Å². The Labute approximate surface area is 116 Å².